The first-order valence-corrected chi connectivity index (χ1v) is 7.52. The lowest BCUT2D eigenvalue weighted by molar-refractivity contribution is 0.103. The van der Waals surface area contributed by atoms with Gasteiger partial charge in [-0.3, -0.25) is 4.79 Å². The second-order valence-electron chi connectivity index (χ2n) is 4.92. The number of benzene rings is 2. The third kappa shape index (κ3) is 2.71. The Labute approximate surface area is 131 Å². The van der Waals surface area contributed by atoms with Crippen molar-refractivity contribution in [3.05, 3.63) is 64.0 Å². The number of phenols is 2. The monoisotopic (exact) mass is 311 g/mol. The smallest absolute Gasteiger partial charge is 0.221 e. The van der Waals surface area contributed by atoms with E-state index < -0.39 is 0 Å². The Morgan fingerprint density at radius 3 is 2.68 bits per heavy atom. The number of hydrogen-bond donors (Lipinski definition) is 2. The molecule has 3 aromatic rings. The summed E-state index contributed by atoms with van der Waals surface area (Å²) < 4.78 is 0. The van der Waals surface area contributed by atoms with Crippen LogP contribution in [-0.4, -0.2) is 21.0 Å². The zero-order valence-corrected chi connectivity index (χ0v) is 12.6. The van der Waals surface area contributed by atoms with Crippen molar-refractivity contribution in [1.29, 1.82) is 0 Å². The van der Waals surface area contributed by atoms with E-state index in [1.165, 1.54) is 23.5 Å². The van der Waals surface area contributed by atoms with Gasteiger partial charge in [0.1, 0.15) is 11.5 Å². The molecular weight excluding hydrogens is 298 g/mol. The summed E-state index contributed by atoms with van der Waals surface area (Å²) >= 11 is 1.26. The van der Waals surface area contributed by atoms with Gasteiger partial charge in [-0.1, -0.05) is 12.1 Å². The number of aryl methyl sites for hydroxylation is 1. The predicted octanol–water partition coefficient (Wildman–Crippen LogP) is 3.76. The second-order valence-corrected chi connectivity index (χ2v) is 5.78. The van der Waals surface area contributed by atoms with Gasteiger partial charge in [-0.05, 0) is 42.8 Å². The molecule has 2 N–H and O–H groups in total. The number of nitrogens with zero attached hydrogens (tertiary/aromatic N) is 1. The molecule has 0 aliphatic heterocycles. The largest absolute Gasteiger partial charge is 0.508 e. The molecule has 1 heterocycles. The fourth-order valence-electron chi connectivity index (χ4n) is 2.10. The first kappa shape index (κ1) is 14.3. The van der Waals surface area contributed by atoms with Crippen molar-refractivity contribution in [1.82, 2.24) is 4.98 Å². The third-order valence-corrected chi connectivity index (χ3v) is 4.14. The maximum Gasteiger partial charge on any atom is 0.221 e. The van der Waals surface area contributed by atoms with E-state index in [0.717, 1.165) is 11.1 Å². The van der Waals surface area contributed by atoms with Crippen LogP contribution in [0.25, 0.3) is 11.3 Å². The number of carbonyl (C=O) groups excluding carboxylic acids is 1. The van der Waals surface area contributed by atoms with Crippen LogP contribution in [0.15, 0.2) is 47.8 Å². The number of aromatic hydroxyl groups is 2. The summed E-state index contributed by atoms with van der Waals surface area (Å²) in [6.07, 6.45) is 0. The zero-order chi connectivity index (χ0) is 15.7. The summed E-state index contributed by atoms with van der Waals surface area (Å²) in [6, 6.07) is 11.4. The predicted molar refractivity (Wildman–Crippen MR) is 85.5 cm³/mol. The lowest BCUT2D eigenvalue weighted by atomic mass is 10.1. The molecule has 1 aromatic heterocycles. The summed E-state index contributed by atoms with van der Waals surface area (Å²) in [5, 5.41) is 21.2. The average Bonchev–Trinajstić information content (AvgIpc) is 2.99. The molecule has 3 rings (SSSR count). The molecule has 2 aromatic carbocycles. The molecule has 0 aliphatic carbocycles. The van der Waals surface area contributed by atoms with Crippen molar-refractivity contribution >= 4 is 17.1 Å². The highest BCUT2D eigenvalue weighted by Gasteiger charge is 2.15. The van der Waals surface area contributed by atoms with Gasteiger partial charge >= 0.3 is 0 Å². The van der Waals surface area contributed by atoms with Crippen molar-refractivity contribution in [3.8, 4) is 22.8 Å². The number of carbonyl (C=O) groups is 1. The number of aromatic nitrogens is 1. The molecule has 110 valence electrons. The normalized spacial score (nSPS) is 10.6. The van der Waals surface area contributed by atoms with Crippen LogP contribution >= 0.6 is 11.3 Å². The zero-order valence-electron chi connectivity index (χ0n) is 11.8. The van der Waals surface area contributed by atoms with Gasteiger partial charge in [0.25, 0.3) is 0 Å². The Hall–Kier alpha value is -2.66. The van der Waals surface area contributed by atoms with Crippen molar-refractivity contribution in [2.24, 2.45) is 0 Å². The van der Waals surface area contributed by atoms with E-state index in [0.29, 0.717) is 16.3 Å². The van der Waals surface area contributed by atoms with Gasteiger partial charge in [-0.15, -0.1) is 11.3 Å². The van der Waals surface area contributed by atoms with Crippen LogP contribution in [0.4, 0.5) is 0 Å². The van der Waals surface area contributed by atoms with E-state index >= 15 is 0 Å². The minimum Gasteiger partial charge on any atom is -0.508 e. The highest BCUT2D eigenvalue weighted by molar-refractivity contribution is 7.12. The molecule has 0 saturated heterocycles. The molecule has 0 amide bonds. The van der Waals surface area contributed by atoms with Crippen LogP contribution < -0.4 is 0 Å². The van der Waals surface area contributed by atoms with E-state index in [1.807, 2.05) is 18.4 Å². The summed E-state index contributed by atoms with van der Waals surface area (Å²) in [6.45, 7) is 1.81. The molecule has 0 spiro atoms. The third-order valence-electron chi connectivity index (χ3n) is 3.30. The van der Waals surface area contributed by atoms with Crippen LogP contribution in [0, 0.1) is 6.92 Å². The number of phenolic OH excluding ortho intramolecular Hbond substituents is 2. The number of ketones is 1. The van der Waals surface area contributed by atoms with Crippen LogP contribution in [0.5, 0.6) is 11.5 Å². The van der Waals surface area contributed by atoms with Gasteiger partial charge in [0.2, 0.25) is 5.78 Å². The molecular formula is C17H13NO3S. The molecule has 0 atom stereocenters. The standard InChI is InChI=1S/C17H13NO3S/c1-10-7-11(5-6-15(10)20)14-9-22-17(18-14)16(21)12-3-2-4-13(19)8-12/h2-9,19-20H,1H3. The van der Waals surface area contributed by atoms with Crippen LogP contribution in [-0.2, 0) is 0 Å². The fourth-order valence-corrected chi connectivity index (χ4v) is 2.88. The van der Waals surface area contributed by atoms with Gasteiger partial charge in [-0.25, -0.2) is 4.98 Å². The second kappa shape index (κ2) is 5.61. The number of hydrogen-bond acceptors (Lipinski definition) is 5. The molecule has 0 saturated carbocycles. The van der Waals surface area contributed by atoms with Crippen molar-refractivity contribution in [3.63, 3.8) is 0 Å². The minimum absolute atomic E-state index is 0.0526. The lowest BCUT2D eigenvalue weighted by Gasteiger charge is -2.01. The minimum atomic E-state index is -0.220. The quantitative estimate of drug-likeness (QED) is 0.723. The van der Waals surface area contributed by atoms with E-state index in [9.17, 15) is 15.0 Å². The molecule has 0 radical (unpaired) electrons. The Bertz CT molecular complexity index is 855. The summed E-state index contributed by atoms with van der Waals surface area (Å²) in [5.41, 5.74) is 2.70. The van der Waals surface area contributed by atoms with E-state index in [2.05, 4.69) is 4.98 Å². The molecule has 22 heavy (non-hydrogen) atoms. The molecule has 0 aliphatic rings. The maximum atomic E-state index is 12.4. The van der Waals surface area contributed by atoms with Gasteiger partial charge in [0.05, 0.1) is 5.69 Å². The molecule has 0 fully saturated rings. The first-order chi connectivity index (χ1) is 10.5. The highest BCUT2D eigenvalue weighted by Crippen LogP contribution is 2.27. The molecule has 5 heteroatoms. The summed E-state index contributed by atoms with van der Waals surface area (Å²) in [4.78, 5) is 16.7. The van der Waals surface area contributed by atoms with Crippen molar-refractivity contribution < 1.29 is 15.0 Å². The van der Waals surface area contributed by atoms with E-state index in [-0.39, 0.29) is 17.3 Å². The Morgan fingerprint density at radius 2 is 1.95 bits per heavy atom. The average molecular weight is 311 g/mol. The van der Waals surface area contributed by atoms with Crippen molar-refractivity contribution in [2.45, 2.75) is 6.92 Å². The first-order valence-electron chi connectivity index (χ1n) is 6.64. The Morgan fingerprint density at radius 1 is 1.14 bits per heavy atom. The van der Waals surface area contributed by atoms with E-state index in [4.69, 9.17) is 0 Å². The number of rotatable bonds is 3. The SMILES string of the molecule is Cc1cc(-c2csc(C(=O)c3cccc(O)c3)n2)ccc1O. The molecule has 0 unspecified atom stereocenters. The molecule has 4 nitrogen and oxygen atoms in total. The van der Waals surface area contributed by atoms with Crippen molar-refractivity contribution in [2.75, 3.05) is 0 Å². The van der Waals surface area contributed by atoms with Crippen LogP contribution in [0.1, 0.15) is 20.9 Å². The summed E-state index contributed by atoms with van der Waals surface area (Å²) in [5.74, 6) is 0.0643. The van der Waals surface area contributed by atoms with Gasteiger partial charge in [0.15, 0.2) is 5.01 Å². The number of thiazole rings is 1. The van der Waals surface area contributed by atoms with Crippen LogP contribution in [0.3, 0.4) is 0 Å². The van der Waals surface area contributed by atoms with E-state index in [1.54, 1.807) is 24.3 Å². The van der Waals surface area contributed by atoms with Gasteiger partial charge in [-0.2, -0.15) is 0 Å². The fraction of sp³-hybridized carbons (Fsp3) is 0.0588. The van der Waals surface area contributed by atoms with Gasteiger partial charge < -0.3 is 10.2 Å². The maximum absolute atomic E-state index is 12.4. The van der Waals surface area contributed by atoms with Gasteiger partial charge in [0, 0.05) is 16.5 Å². The Balaban J connectivity index is 1.93. The topological polar surface area (TPSA) is 70.4 Å². The Kier molecular flexibility index (Phi) is 3.65. The highest BCUT2D eigenvalue weighted by atomic mass is 32.1. The summed E-state index contributed by atoms with van der Waals surface area (Å²) in [7, 11) is 0. The van der Waals surface area contributed by atoms with Crippen LogP contribution in [0.2, 0.25) is 0 Å². The molecule has 0 bridgehead atoms. The lowest BCUT2D eigenvalue weighted by Crippen LogP contribution is -2.00.